The molecule has 1 aliphatic carbocycles. The summed E-state index contributed by atoms with van der Waals surface area (Å²) in [5.41, 5.74) is 3.52. The van der Waals surface area contributed by atoms with Gasteiger partial charge in [0.2, 0.25) is 5.95 Å². The van der Waals surface area contributed by atoms with Gasteiger partial charge in [0.05, 0.1) is 21.0 Å². The fraction of sp³-hybridized carbons (Fsp3) is 0.379. The van der Waals surface area contributed by atoms with Gasteiger partial charge in [0.15, 0.2) is 5.65 Å². The van der Waals surface area contributed by atoms with Crippen LogP contribution in [0.2, 0.25) is 10.0 Å². The van der Waals surface area contributed by atoms with Gasteiger partial charge in [-0.2, -0.15) is 0 Å². The Labute approximate surface area is 246 Å². The molecule has 2 aromatic carbocycles. The first-order chi connectivity index (χ1) is 18.7. The van der Waals surface area contributed by atoms with E-state index >= 15 is 0 Å². The van der Waals surface area contributed by atoms with Gasteiger partial charge in [-0.25, -0.2) is 9.97 Å². The van der Waals surface area contributed by atoms with Crippen LogP contribution in [-0.2, 0) is 17.8 Å². The van der Waals surface area contributed by atoms with Crippen LogP contribution in [0.3, 0.4) is 0 Å². The molecule has 4 aromatic rings. The molecule has 0 radical (unpaired) electrons. The number of benzene rings is 2. The van der Waals surface area contributed by atoms with Crippen LogP contribution in [0.15, 0.2) is 70.8 Å². The van der Waals surface area contributed by atoms with E-state index in [1.165, 1.54) is 22.9 Å². The first-order valence-corrected chi connectivity index (χ1v) is 15.8. The summed E-state index contributed by atoms with van der Waals surface area (Å²) < 4.78 is 18.5. The molecule has 10 heteroatoms. The Bertz CT molecular complexity index is 1510. The highest BCUT2D eigenvalue weighted by Gasteiger charge is 2.50. The highest BCUT2D eigenvalue weighted by Crippen LogP contribution is 2.53. The summed E-state index contributed by atoms with van der Waals surface area (Å²) >= 11 is 13.0. The summed E-state index contributed by atoms with van der Waals surface area (Å²) in [6.07, 6.45) is 8.62. The van der Waals surface area contributed by atoms with E-state index in [4.69, 9.17) is 28.2 Å². The molecule has 1 N–H and O–H groups in total. The number of hydrogen-bond acceptors (Lipinski definition) is 6. The van der Waals surface area contributed by atoms with Gasteiger partial charge in [-0.15, -0.1) is 4.72 Å². The highest BCUT2D eigenvalue weighted by atomic mass is 35.5. The topological polar surface area (TPSA) is 68.5 Å². The number of nitrogens with zero attached hydrogens (tertiary/aromatic N) is 4. The van der Waals surface area contributed by atoms with Gasteiger partial charge >= 0.3 is 0 Å². The van der Waals surface area contributed by atoms with Gasteiger partial charge in [-0.05, 0) is 63.3 Å². The molecule has 2 atom stereocenters. The Morgan fingerprint density at radius 1 is 1.05 bits per heavy atom. The van der Waals surface area contributed by atoms with Crippen LogP contribution in [-0.4, -0.2) is 36.8 Å². The van der Waals surface area contributed by atoms with E-state index in [9.17, 15) is 4.55 Å². The van der Waals surface area contributed by atoms with Crippen molar-refractivity contribution in [1.29, 1.82) is 0 Å². The molecule has 39 heavy (non-hydrogen) atoms. The number of hydrogen-bond donors (Lipinski definition) is 1. The lowest BCUT2D eigenvalue weighted by molar-refractivity contribution is 0.175. The quantitative estimate of drug-likeness (QED) is 0.246. The van der Waals surface area contributed by atoms with Crippen molar-refractivity contribution >= 4 is 57.9 Å². The van der Waals surface area contributed by atoms with Crippen LogP contribution in [0, 0.1) is 5.41 Å². The second-order valence-corrected chi connectivity index (χ2v) is 15.2. The third kappa shape index (κ3) is 5.04. The minimum Gasteiger partial charge on any atom is -0.598 e. The van der Waals surface area contributed by atoms with Crippen molar-refractivity contribution in [3.05, 3.63) is 82.2 Å². The summed E-state index contributed by atoms with van der Waals surface area (Å²) in [5, 5.41) is 1.06. The maximum atomic E-state index is 13.2. The van der Waals surface area contributed by atoms with Crippen molar-refractivity contribution < 1.29 is 4.55 Å². The minimum absolute atomic E-state index is 0.0221. The van der Waals surface area contributed by atoms with Crippen LogP contribution in [0.25, 0.3) is 5.65 Å². The fourth-order valence-electron chi connectivity index (χ4n) is 5.75. The van der Waals surface area contributed by atoms with Gasteiger partial charge in [-0.1, -0.05) is 65.3 Å². The number of aromatic nitrogens is 3. The standard InChI is InChI=1S/C29H31Cl2N5OS2/c1-28(2,3)39(37)34-25-20-8-5-4-7-19(20)17-29(25)11-14-35(15-12-29)27-33-18-23(26-32-13-16-36(26)27)38-22-10-6-9-21(30)24(22)31/h4-10,13,16,18,25,34H,11-12,14-15,17H2,1-3H3/t25-,39?/m0/s1. The van der Waals surface area contributed by atoms with Crippen molar-refractivity contribution in [2.45, 2.75) is 60.6 Å². The fourth-order valence-corrected chi connectivity index (χ4v) is 8.10. The van der Waals surface area contributed by atoms with Crippen LogP contribution in [0.4, 0.5) is 5.95 Å². The molecule has 1 aliphatic heterocycles. The molecule has 6 rings (SSSR count). The number of halogens is 2. The molecule has 0 bridgehead atoms. The van der Waals surface area contributed by atoms with E-state index in [1.54, 1.807) is 6.07 Å². The summed E-state index contributed by atoms with van der Waals surface area (Å²) in [4.78, 5) is 13.7. The molecule has 2 aromatic heterocycles. The van der Waals surface area contributed by atoms with Crippen molar-refractivity contribution in [2.24, 2.45) is 5.41 Å². The number of anilines is 1. The molecule has 3 heterocycles. The molecule has 204 valence electrons. The van der Waals surface area contributed by atoms with E-state index in [0.29, 0.717) is 10.0 Å². The summed E-state index contributed by atoms with van der Waals surface area (Å²) in [6.45, 7) is 7.80. The molecule has 0 saturated carbocycles. The molecular formula is C29H31Cl2N5OS2. The predicted molar refractivity (Wildman–Crippen MR) is 161 cm³/mol. The zero-order valence-corrected chi connectivity index (χ0v) is 25.3. The molecule has 6 nitrogen and oxygen atoms in total. The number of rotatable bonds is 5. The maximum absolute atomic E-state index is 13.2. The lowest BCUT2D eigenvalue weighted by Gasteiger charge is -2.44. The Morgan fingerprint density at radius 3 is 2.59 bits per heavy atom. The van der Waals surface area contributed by atoms with Crippen molar-refractivity contribution in [3.8, 4) is 0 Å². The SMILES string of the molecule is CC(C)(C)[S+]([O-])N[C@H]1c2ccccc2CC12CCN(c1ncc(Sc3cccc(Cl)c3Cl)c3nccn13)CC2. The van der Waals surface area contributed by atoms with E-state index < -0.39 is 11.4 Å². The van der Waals surface area contributed by atoms with Crippen molar-refractivity contribution in [2.75, 3.05) is 18.0 Å². The number of nitrogens with one attached hydrogen (secondary N) is 1. The molecular weight excluding hydrogens is 569 g/mol. The molecule has 1 fully saturated rings. The van der Waals surface area contributed by atoms with Gasteiger partial charge in [0, 0.05) is 53.4 Å². The second kappa shape index (κ2) is 10.5. The first kappa shape index (κ1) is 27.2. The average molecular weight is 601 g/mol. The zero-order chi connectivity index (χ0) is 27.4. The minimum atomic E-state index is -1.15. The van der Waals surface area contributed by atoms with Gasteiger partial charge in [0.25, 0.3) is 0 Å². The third-order valence-electron chi connectivity index (χ3n) is 7.85. The van der Waals surface area contributed by atoms with Crippen LogP contribution in [0.1, 0.15) is 50.8 Å². The zero-order valence-electron chi connectivity index (χ0n) is 22.2. The van der Waals surface area contributed by atoms with Crippen molar-refractivity contribution in [3.63, 3.8) is 0 Å². The van der Waals surface area contributed by atoms with Crippen LogP contribution in [0.5, 0.6) is 0 Å². The molecule has 2 aliphatic rings. The summed E-state index contributed by atoms with van der Waals surface area (Å²) in [7, 11) is 0. The Hall–Kier alpha value is -1.94. The maximum Gasteiger partial charge on any atom is 0.211 e. The van der Waals surface area contributed by atoms with E-state index in [2.05, 4.69) is 43.3 Å². The number of piperidine rings is 1. The van der Waals surface area contributed by atoms with E-state index in [1.807, 2.05) is 51.5 Å². The number of imidazole rings is 1. The number of fused-ring (bicyclic) bond motifs is 2. The lowest BCUT2D eigenvalue weighted by Crippen LogP contribution is -2.50. The van der Waals surface area contributed by atoms with E-state index in [-0.39, 0.29) is 16.2 Å². The second-order valence-electron chi connectivity index (χ2n) is 11.4. The molecule has 0 amide bonds. The monoisotopic (exact) mass is 599 g/mol. The largest absolute Gasteiger partial charge is 0.598 e. The molecule has 1 spiro atoms. The van der Waals surface area contributed by atoms with Gasteiger partial charge in [0.1, 0.15) is 4.75 Å². The van der Waals surface area contributed by atoms with E-state index in [0.717, 1.165) is 53.7 Å². The predicted octanol–water partition coefficient (Wildman–Crippen LogP) is 7.12. The Balaban J connectivity index is 1.25. The van der Waals surface area contributed by atoms with Gasteiger partial charge in [-0.3, -0.25) is 4.40 Å². The lowest BCUT2D eigenvalue weighted by atomic mass is 9.73. The Kier molecular flexibility index (Phi) is 7.31. The average Bonchev–Trinajstić information content (AvgIpc) is 3.51. The highest BCUT2D eigenvalue weighted by molar-refractivity contribution is 7.99. The summed E-state index contributed by atoms with van der Waals surface area (Å²) in [6, 6.07) is 14.3. The summed E-state index contributed by atoms with van der Waals surface area (Å²) in [5.74, 6) is 0.886. The third-order valence-corrected chi connectivity index (χ3v) is 11.4. The normalized spacial score (nSPS) is 19.5. The van der Waals surface area contributed by atoms with Crippen LogP contribution < -0.4 is 9.62 Å². The molecule has 1 unspecified atom stereocenters. The Morgan fingerprint density at radius 2 is 1.82 bits per heavy atom. The van der Waals surface area contributed by atoms with Crippen LogP contribution >= 0.6 is 35.0 Å². The van der Waals surface area contributed by atoms with Crippen molar-refractivity contribution in [1.82, 2.24) is 19.1 Å². The smallest absolute Gasteiger partial charge is 0.211 e. The first-order valence-electron chi connectivity index (χ1n) is 13.1. The molecule has 1 saturated heterocycles. The van der Waals surface area contributed by atoms with Gasteiger partial charge < -0.3 is 9.45 Å².